The number of hydrogen-bond acceptors (Lipinski definition) is 6. The maximum absolute atomic E-state index is 12.3. The maximum atomic E-state index is 12.3. The van der Waals surface area contributed by atoms with Gasteiger partial charge in [-0.2, -0.15) is 0 Å². The Kier molecular flexibility index (Phi) is 3.40. The molecule has 0 spiro atoms. The molecule has 0 aliphatic rings. The molecule has 0 aliphatic carbocycles. The molecule has 1 aromatic carbocycles. The summed E-state index contributed by atoms with van der Waals surface area (Å²) in [6.45, 7) is 0. The van der Waals surface area contributed by atoms with Crippen LogP contribution in [0.2, 0.25) is 0 Å². The Bertz CT molecular complexity index is 1100. The van der Waals surface area contributed by atoms with Crippen LogP contribution < -0.4 is 17.0 Å². The van der Waals surface area contributed by atoms with Crippen LogP contribution in [0.25, 0.3) is 22.2 Å². The van der Waals surface area contributed by atoms with Gasteiger partial charge in [0.15, 0.2) is 5.65 Å². The van der Waals surface area contributed by atoms with Gasteiger partial charge < -0.3 is 5.73 Å². The second-order valence-electron chi connectivity index (χ2n) is 5.30. The number of aryl methyl sites for hydroxylation is 1. The van der Waals surface area contributed by atoms with Gasteiger partial charge in [0.05, 0.1) is 10.3 Å². The first-order valence-corrected chi connectivity index (χ1v) is 6.92. The minimum atomic E-state index is -0.503. The third kappa shape index (κ3) is 2.22. The molecule has 3 aromatic rings. The number of rotatable bonds is 2. The summed E-state index contributed by atoms with van der Waals surface area (Å²) in [5, 5.41) is 11.0. The summed E-state index contributed by atoms with van der Waals surface area (Å²) in [6, 6.07) is 7.30. The molecule has 122 valence electrons. The average molecular weight is 327 g/mol. The van der Waals surface area contributed by atoms with Crippen molar-refractivity contribution in [1.29, 1.82) is 0 Å². The minimum Gasteiger partial charge on any atom is -0.383 e. The number of fused-ring (bicyclic) bond motifs is 1. The van der Waals surface area contributed by atoms with E-state index in [1.54, 1.807) is 6.07 Å². The first-order valence-electron chi connectivity index (χ1n) is 6.92. The molecule has 0 bridgehead atoms. The lowest BCUT2D eigenvalue weighted by atomic mass is 10.0. The van der Waals surface area contributed by atoms with Crippen molar-refractivity contribution in [3.05, 3.63) is 61.3 Å². The first-order chi connectivity index (χ1) is 11.3. The normalized spacial score (nSPS) is 10.9. The van der Waals surface area contributed by atoms with Gasteiger partial charge in [-0.1, -0.05) is 0 Å². The monoisotopic (exact) mass is 327 g/mol. The molecular formula is C15H13N5O4. The lowest BCUT2D eigenvalue weighted by Crippen LogP contribution is -2.37. The highest BCUT2D eigenvalue weighted by molar-refractivity contribution is 5.86. The topological polar surface area (TPSA) is 126 Å². The molecule has 0 fully saturated rings. The van der Waals surface area contributed by atoms with Gasteiger partial charge in [-0.3, -0.25) is 24.0 Å². The van der Waals surface area contributed by atoms with E-state index in [0.717, 1.165) is 4.57 Å². The summed E-state index contributed by atoms with van der Waals surface area (Å²) in [5.74, 6) is 0.125. The fourth-order valence-electron chi connectivity index (χ4n) is 2.51. The van der Waals surface area contributed by atoms with Crippen LogP contribution in [0, 0.1) is 10.1 Å². The Hall–Kier alpha value is -3.49. The Morgan fingerprint density at radius 2 is 1.75 bits per heavy atom. The third-order valence-corrected chi connectivity index (χ3v) is 3.85. The third-order valence-electron chi connectivity index (χ3n) is 3.85. The summed E-state index contributed by atoms with van der Waals surface area (Å²) in [4.78, 5) is 38.7. The standard InChI is InChI=1S/C15H13N5O4/c1-18-13-11(14(21)19(2)15(18)22)7-10(12(16)17-13)8-3-5-9(6-4-8)20(23)24/h3-7H,1-2H3,(H2,16,17). The van der Waals surface area contributed by atoms with Crippen LogP contribution in [-0.4, -0.2) is 19.0 Å². The summed E-state index contributed by atoms with van der Waals surface area (Å²) in [5.41, 5.74) is 6.16. The number of nitro benzene ring substituents is 1. The van der Waals surface area contributed by atoms with Crippen molar-refractivity contribution in [2.45, 2.75) is 0 Å². The molecule has 2 N–H and O–H groups in total. The molecule has 0 aliphatic heterocycles. The number of nitrogens with two attached hydrogens (primary N) is 1. The molecule has 0 unspecified atom stereocenters. The zero-order valence-electron chi connectivity index (χ0n) is 12.9. The lowest BCUT2D eigenvalue weighted by molar-refractivity contribution is -0.384. The molecule has 0 radical (unpaired) electrons. The van der Waals surface area contributed by atoms with Crippen LogP contribution in [0.1, 0.15) is 0 Å². The van der Waals surface area contributed by atoms with Crippen molar-refractivity contribution in [3.8, 4) is 11.1 Å². The number of benzene rings is 1. The minimum absolute atomic E-state index is 0.0515. The van der Waals surface area contributed by atoms with E-state index in [4.69, 9.17) is 5.73 Å². The Morgan fingerprint density at radius 3 is 2.33 bits per heavy atom. The van der Waals surface area contributed by atoms with Crippen molar-refractivity contribution in [2.75, 3.05) is 5.73 Å². The van der Waals surface area contributed by atoms with Crippen LogP contribution in [0.4, 0.5) is 11.5 Å². The number of nitrogen functional groups attached to an aromatic ring is 1. The van der Waals surface area contributed by atoms with E-state index in [-0.39, 0.29) is 22.5 Å². The molecule has 3 rings (SSSR count). The summed E-state index contributed by atoms with van der Waals surface area (Å²) < 4.78 is 2.23. The highest BCUT2D eigenvalue weighted by atomic mass is 16.6. The van der Waals surface area contributed by atoms with E-state index in [2.05, 4.69) is 4.98 Å². The molecule has 2 aromatic heterocycles. The van der Waals surface area contributed by atoms with E-state index in [1.807, 2.05) is 0 Å². The molecular weight excluding hydrogens is 314 g/mol. The van der Waals surface area contributed by atoms with E-state index < -0.39 is 16.2 Å². The highest BCUT2D eigenvalue weighted by Gasteiger charge is 2.14. The Morgan fingerprint density at radius 1 is 1.12 bits per heavy atom. The summed E-state index contributed by atoms with van der Waals surface area (Å²) >= 11 is 0. The number of pyridine rings is 1. The lowest BCUT2D eigenvalue weighted by Gasteiger charge is -2.10. The van der Waals surface area contributed by atoms with Gasteiger partial charge >= 0.3 is 5.69 Å². The molecule has 0 saturated carbocycles. The molecule has 0 saturated heterocycles. The van der Waals surface area contributed by atoms with Gasteiger partial charge in [0, 0.05) is 31.8 Å². The van der Waals surface area contributed by atoms with Crippen molar-refractivity contribution in [3.63, 3.8) is 0 Å². The predicted molar refractivity (Wildman–Crippen MR) is 88.7 cm³/mol. The van der Waals surface area contributed by atoms with Crippen LogP contribution in [-0.2, 0) is 14.1 Å². The zero-order chi connectivity index (χ0) is 17.6. The maximum Gasteiger partial charge on any atom is 0.332 e. The van der Waals surface area contributed by atoms with Crippen molar-refractivity contribution >= 4 is 22.5 Å². The predicted octanol–water partition coefficient (Wildman–Crippen LogP) is 0.790. The average Bonchev–Trinajstić information content (AvgIpc) is 2.58. The number of nitro groups is 1. The van der Waals surface area contributed by atoms with Gasteiger partial charge in [0.1, 0.15) is 5.82 Å². The van der Waals surface area contributed by atoms with Crippen molar-refractivity contribution in [2.24, 2.45) is 14.1 Å². The first kappa shape index (κ1) is 15.4. The smallest absolute Gasteiger partial charge is 0.332 e. The SMILES string of the molecule is Cn1c(=O)c2cc(-c3ccc([N+](=O)[O-])cc3)c(N)nc2n(C)c1=O. The number of anilines is 1. The van der Waals surface area contributed by atoms with Crippen LogP contribution in [0.5, 0.6) is 0 Å². The van der Waals surface area contributed by atoms with Crippen molar-refractivity contribution in [1.82, 2.24) is 14.1 Å². The summed E-state index contributed by atoms with van der Waals surface area (Å²) in [7, 11) is 2.88. The quantitative estimate of drug-likeness (QED) is 0.548. The summed E-state index contributed by atoms with van der Waals surface area (Å²) in [6.07, 6.45) is 0. The van der Waals surface area contributed by atoms with E-state index in [9.17, 15) is 19.7 Å². The van der Waals surface area contributed by atoms with Gasteiger partial charge in [0.2, 0.25) is 0 Å². The number of hydrogen-bond donors (Lipinski definition) is 1. The second-order valence-corrected chi connectivity index (χ2v) is 5.30. The van der Waals surface area contributed by atoms with E-state index in [0.29, 0.717) is 11.1 Å². The van der Waals surface area contributed by atoms with Crippen LogP contribution in [0.3, 0.4) is 0 Å². The molecule has 9 nitrogen and oxygen atoms in total. The van der Waals surface area contributed by atoms with E-state index >= 15 is 0 Å². The largest absolute Gasteiger partial charge is 0.383 e. The van der Waals surface area contributed by atoms with Crippen LogP contribution >= 0.6 is 0 Å². The van der Waals surface area contributed by atoms with Gasteiger partial charge in [-0.15, -0.1) is 0 Å². The molecule has 9 heteroatoms. The number of non-ortho nitro benzene ring substituents is 1. The number of aromatic nitrogens is 3. The molecule has 24 heavy (non-hydrogen) atoms. The van der Waals surface area contributed by atoms with Gasteiger partial charge in [-0.05, 0) is 23.8 Å². The second kappa shape index (κ2) is 5.30. The molecule has 0 amide bonds. The molecule has 2 heterocycles. The Labute approximate surface area is 134 Å². The van der Waals surface area contributed by atoms with Crippen LogP contribution in [0.15, 0.2) is 39.9 Å². The van der Waals surface area contributed by atoms with E-state index in [1.165, 1.54) is 42.9 Å². The van der Waals surface area contributed by atoms with Gasteiger partial charge in [-0.25, -0.2) is 9.78 Å². The van der Waals surface area contributed by atoms with Gasteiger partial charge in [0.25, 0.3) is 11.2 Å². The van der Waals surface area contributed by atoms with Crippen molar-refractivity contribution < 1.29 is 4.92 Å². The fourth-order valence-corrected chi connectivity index (χ4v) is 2.51. The highest BCUT2D eigenvalue weighted by Crippen LogP contribution is 2.28. The number of nitrogens with zero attached hydrogens (tertiary/aromatic N) is 4. The zero-order valence-corrected chi connectivity index (χ0v) is 12.9. The Balaban J connectivity index is 2.30. The molecule has 0 atom stereocenters. The fraction of sp³-hybridized carbons (Fsp3) is 0.133.